The van der Waals surface area contributed by atoms with E-state index in [0.29, 0.717) is 12.3 Å². The summed E-state index contributed by atoms with van der Waals surface area (Å²) in [6.45, 7) is 0.672. The van der Waals surface area contributed by atoms with E-state index in [1.165, 1.54) is 12.1 Å². The number of aromatic carboxylic acids is 1. The smallest absolute Gasteiger partial charge is 0.335 e. The molecule has 0 aromatic heterocycles. The van der Waals surface area contributed by atoms with Gasteiger partial charge in [-0.3, -0.25) is 9.59 Å². The summed E-state index contributed by atoms with van der Waals surface area (Å²) in [5, 5.41) is 17.7. The molecule has 1 aromatic carbocycles. The summed E-state index contributed by atoms with van der Waals surface area (Å²) >= 11 is 1.79. The number of hydrogen-bond donors (Lipinski definition) is 2. The molecule has 1 saturated heterocycles. The normalized spacial score (nSPS) is 24.7. The van der Waals surface area contributed by atoms with Gasteiger partial charge < -0.3 is 19.8 Å². The number of benzene rings is 1. The van der Waals surface area contributed by atoms with Crippen LogP contribution in [0, 0.1) is 0 Å². The Morgan fingerprint density at radius 1 is 1.11 bits per heavy atom. The minimum atomic E-state index is -0.966. The third-order valence-electron chi connectivity index (χ3n) is 5.15. The Balaban J connectivity index is 1.56. The number of amides is 1. The van der Waals surface area contributed by atoms with Gasteiger partial charge in [-0.1, -0.05) is 0 Å². The van der Waals surface area contributed by atoms with Crippen molar-refractivity contribution in [3.63, 3.8) is 0 Å². The second-order valence-electron chi connectivity index (χ2n) is 6.88. The molecular formula is C19H23NO6S. The Labute approximate surface area is 161 Å². The fourth-order valence-electron chi connectivity index (χ4n) is 3.75. The number of carboxylic acids is 2. The summed E-state index contributed by atoms with van der Waals surface area (Å²) in [5.74, 6) is -0.469. The zero-order valence-electron chi connectivity index (χ0n) is 14.9. The lowest BCUT2D eigenvalue weighted by molar-refractivity contribution is -0.142. The molecule has 146 valence electrons. The van der Waals surface area contributed by atoms with Crippen molar-refractivity contribution in [3.8, 4) is 5.75 Å². The molecule has 0 bridgehead atoms. The Bertz CT molecular complexity index is 711. The topological polar surface area (TPSA) is 104 Å². The molecule has 0 atom stereocenters. The van der Waals surface area contributed by atoms with E-state index < -0.39 is 11.9 Å². The zero-order chi connectivity index (χ0) is 19.4. The molecule has 0 unspecified atom stereocenters. The highest BCUT2D eigenvalue weighted by molar-refractivity contribution is 8.00. The second-order valence-corrected chi connectivity index (χ2v) is 8.34. The van der Waals surface area contributed by atoms with Crippen LogP contribution in [0.2, 0.25) is 0 Å². The zero-order valence-corrected chi connectivity index (χ0v) is 15.7. The lowest BCUT2D eigenvalue weighted by Crippen LogP contribution is -2.49. The van der Waals surface area contributed by atoms with E-state index in [-0.39, 0.29) is 35.3 Å². The molecule has 2 fully saturated rings. The molecule has 1 heterocycles. The Morgan fingerprint density at radius 3 is 2.37 bits per heavy atom. The maximum atomic E-state index is 12.5. The summed E-state index contributed by atoms with van der Waals surface area (Å²) < 4.78 is 5.98. The largest absolute Gasteiger partial charge is 0.490 e. The fourth-order valence-corrected chi connectivity index (χ4v) is 5.28. The van der Waals surface area contributed by atoms with Crippen molar-refractivity contribution in [2.45, 2.75) is 49.5 Å². The number of ether oxygens (including phenoxy) is 1. The first-order valence-electron chi connectivity index (χ1n) is 9.06. The number of carbonyl (C=O) groups excluding carboxylic acids is 1. The molecule has 1 aliphatic heterocycles. The van der Waals surface area contributed by atoms with Gasteiger partial charge in [0.2, 0.25) is 5.91 Å². The molecule has 3 rings (SSSR count). The predicted octanol–water partition coefficient (Wildman–Crippen LogP) is 2.84. The van der Waals surface area contributed by atoms with Crippen molar-refractivity contribution in [3.05, 3.63) is 29.8 Å². The third-order valence-corrected chi connectivity index (χ3v) is 6.70. The quantitative estimate of drug-likeness (QED) is 0.766. The van der Waals surface area contributed by atoms with Crippen molar-refractivity contribution in [2.24, 2.45) is 0 Å². The molecule has 27 heavy (non-hydrogen) atoms. The maximum absolute atomic E-state index is 12.5. The highest BCUT2D eigenvalue weighted by atomic mass is 32.2. The van der Waals surface area contributed by atoms with E-state index in [4.69, 9.17) is 14.9 Å². The van der Waals surface area contributed by atoms with Gasteiger partial charge >= 0.3 is 11.9 Å². The molecule has 1 spiro atoms. The Kier molecular flexibility index (Phi) is 5.94. The summed E-state index contributed by atoms with van der Waals surface area (Å²) in [7, 11) is 0. The van der Waals surface area contributed by atoms with Crippen LogP contribution in [0.25, 0.3) is 0 Å². The number of carbonyl (C=O) groups is 3. The molecular weight excluding hydrogens is 370 g/mol. The lowest BCUT2D eigenvalue weighted by Gasteiger charge is -2.42. The van der Waals surface area contributed by atoms with Crippen molar-refractivity contribution in [1.82, 2.24) is 4.90 Å². The molecule has 8 heteroatoms. The Hall–Kier alpha value is -2.22. The predicted molar refractivity (Wildman–Crippen MR) is 100 cm³/mol. The van der Waals surface area contributed by atoms with E-state index in [1.54, 1.807) is 23.9 Å². The minimum absolute atomic E-state index is 0.0310. The van der Waals surface area contributed by atoms with Crippen LogP contribution in [0.4, 0.5) is 0 Å². The SMILES string of the molecule is O=C(O)CCC(=O)N1CCSC12CCC(Oc1ccc(C(=O)O)cc1)CC2. The first-order chi connectivity index (χ1) is 12.9. The van der Waals surface area contributed by atoms with Crippen molar-refractivity contribution >= 4 is 29.6 Å². The second kappa shape index (κ2) is 8.21. The number of hydrogen-bond acceptors (Lipinski definition) is 5. The van der Waals surface area contributed by atoms with Crippen LogP contribution < -0.4 is 4.74 Å². The first-order valence-corrected chi connectivity index (χ1v) is 10.0. The van der Waals surface area contributed by atoms with Crippen LogP contribution in [0.5, 0.6) is 5.75 Å². The van der Waals surface area contributed by atoms with Crippen molar-refractivity contribution in [1.29, 1.82) is 0 Å². The summed E-state index contributed by atoms with van der Waals surface area (Å²) in [4.78, 5) is 35.7. The van der Waals surface area contributed by atoms with Gasteiger partial charge in [-0.25, -0.2) is 4.79 Å². The van der Waals surface area contributed by atoms with Crippen LogP contribution in [0.3, 0.4) is 0 Å². The van der Waals surface area contributed by atoms with Crippen molar-refractivity contribution in [2.75, 3.05) is 12.3 Å². The van der Waals surface area contributed by atoms with Crippen LogP contribution in [0.1, 0.15) is 48.9 Å². The van der Waals surface area contributed by atoms with Gasteiger partial charge in [-0.05, 0) is 49.9 Å². The molecule has 1 amide bonds. The van der Waals surface area contributed by atoms with Gasteiger partial charge in [-0.2, -0.15) is 0 Å². The summed E-state index contributed by atoms with van der Waals surface area (Å²) in [5.41, 5.74) is 0.225. The van der Waals surface area contributed by atoms with Crippen LogP contribution >= 0.6 is 11.8 Å². The van der Waals surface area contributed by atoms with Gasteiger partial charge in [0.1, 0.15) is 5.75 Å². The molecule has 2 aliphatic rings. The third kappa shape index (κ3) is 4.55. The number of aliphatic carboxylic acids is 1. The molecule has 1 saturated carbocycles. The van der Waals surface area contributed by atoms with Gasteiger partial charge in [0, 0.05) is 18.7 Å². The standard InChI is InChI=1S/C19H23NO6S/c21-16(5-6-17(22)23)20-11-12-27-19(20)9-7-15(8-10-19)26-14-3-1-13(2-4-14)18(24)25/h1-4,15H,5-12H2,(H,22,23)(H,24,25). The fraction of sp³-hybridized carbons (Fsp3) is 0.526. The van der Waals surface area contributed by atoms with E-state index in [9.17, 15) is 14.4 Å². The maximum Gasteiger partial charge on any atom is 0.335 e. The van der Waals surface area contributed by atoms with Gasteiger partial charge in [-0.15, -0.1) is 11.8 Å². The summed E-state index contributed by atoms with van der Waals surface area (Å²) in [6.07, 6.45) is 3.18. The molecule has 1 aliphatic carbocycles. The monoisotopic (exact) mass is 393 g/mol. The van der Waals surface area contributed by atoms with Gasteiger partial charge in [0.15, 0.2) is 0 Å². The van der Waals surface area contributed by atoms with Gasteiger partial charge in [0.25, 0.3) is 0 Å². The molecule has 1 aromatic rings. The molecule has 7 nitrogen and oxygen atoms in total. The number of rotatable bonds is 6. The number of nitrogens with zero attached hydrogens (tertiary/aromatic N) is 1. The number of thioether (sulfide) groups is 1. The first kappa shape index (κ1) is 19.5. The van der Waals surface area contributed by atoms with Crippen LogP contribution in [-0.2, 0) is 9.59 Å². The average molecular weight is 393 g/mol. The molecule has 2 N–H and O–H groups in total. The Morgan fingerprint density at radius 2 is 1.78 bits per heavy atom. The van der Waals surface area contributed by atoms with Crippen LogP contribution in [0.15, 0.2) is 24.3 Å². The highest BCUT2D eigenvalue weighted by Gasteiger charge is 2.46. The average Bonchev–Trinajstić information content (AvgIpc) is 3.05. The van der Waals surface area contributed by atoms with E-state index in [1.807, 2.05) is 4.90 Å². The van der Waals surface area contributed by atoms with Crippen molar-refractivity contribution < 1.29 is 29.3 Å². The number of carboxylic acid groups (broad SMARTS) is 2. The van der Waals surface area contributed by atoms with Gasteiger partial charge in [0.05, 0.1) is 23.0 Å². The van der Waals surface area contributed by atoms with E-state index >= 15 is 0 Å². The minimum Gasteiger partial charge on any atom is -0.490 e. The van der Waals surface area contributed by atoms with Crippen LogP contribution in [-0.4, -0.2) is 56.2 Å². The lowest BCUT2D eigenvalue weighted by atomic mass is 9.90. The highest BCUT2D eigenvalue weighted by Crippen LogP contribution is 2.47. The summed E-state index contributed by atoms with van der Waals surface area (Å²) in [6, 6.07) is 6.38. The van der Waals surface area contributed by atoms with E-state index in [0.717, 1.165) is 31.4 Å². The van der Waals surface area contributed by atoms with E-state index in [2.05, 4.69) is 0 Å². The molecule has 0 radical (unpaired) electrons.